The first-order chi connectivity index (χ1) is 7.29. The quantitative estimate of drug-likeness (QED) is 0.810. The number of nitrogens with one attached hydrogen (secondary N) is 1. The van der Waals surface area contributed by atoms with Crippen molar-refractivity contribution in [3.63, 3.8) is 0 Å². The molecule has 1 aliphatic rings. The molecule has 4 nitrogen and oxygen atoms in total. The van der Waals surface area contributed by atoms with Crippen molar-refractivity contribution < 1.29 is 0 Å². The van der Waals surface area contributed by atoms with Gasteiger partial charge in [-0.1, -0.05) is 0 Å². The second kappa shape index (κ2) is 4.57. The summed E-state index contributed by atoms with van der Waals surface area (Å²) >= 11 is 0. The normalized spacial score (nSPS) is 21.9. The second-order valence-electron chi connectivity index (χ2n) is 4.12. The molecule has 0 amide bonds. The summed E-state index contributed by atoms with van der Waals surface area (Å²) in [5, 5.41) is 3.10. The number of hydrogen-bond acceptors (Lipinski definition) is 4. The summed E-state index contributed by atoms with van der Waals surface area (Å²) in [6.07, 6.45) is 5.13. The van der Waals surface area contributed by atoms with Gasteiger partial charge in [-0.25, -0.2) is 9.97 Å². The molecule has 0 spiro atoms. The summed E-state index contributed by atoms with van der Waals surface area (Å²) in [7, 11) is 2.16. The lowest BCUT2D eigenvalue weighted by atomic mass is 10.0. The van der Waals surface area contributed by atoms with E-state index in [2.05, 4.69) is 27.2 Å². The Balaban J connectivity index is 2.03. The summed E-state index contributed by atoms with van der Waals surface area (Å²) in [5.74, 6) is 1.35. The minimum Gasteiger partial charge on any atom is -0.355 e. The Morgan fingerprint density at radius 3 is 2.73 bits per heavy atom. The van der Waals surface area contributed by atoms with Crippen LogP contribution in [0.15, 0.2) is 12.4 Å². The summed E-state index contributed by atoms with van der Waals surface area (Å²) in [6.45, 7) is 5.22. The monoisotopic (exact) mass is 206 g/mol. The Hall–Kier alpha value is -1.16. The van der Waals surface area contributed by atoms with E-state index in [1.807, 2.05) is 19.3 Å². The van der Waals surface area contributed by atoms with Crippen LogP contribution in [0.25, 0.3) is 0 Å². The molecule has 15 heavy (non-hydrogen) atoms. The zero-order valence-corrected chi connectivity index (χ0v) is 9.40. The Kier molecular flexibility index (Phi) is 3.16. The maximum Gasteiger partial charge on any atom is 0.222 e. The largest absolute Gasteiger partial charge is 0.355 e. The van der Waals surface area contributed by atoms with Crippen LogP contribution < -0.4 is 5.32 Å². The molecule has 0 aliphatic carbocycles. The van der Waals surface area contributed by atoms with Crippen LogP contribution in [0.5, 0.6) is 0 Å². The molecule has 0 bridgehead atoms. The van der Waals surface area contributed by atoms with E-state index in [-0.39, 0.29) is 0 Å². The minimum absolute atomic E-state index is 0.616. The highest BCUT2D eigenvalue weighted by molar-refractivity contribution is 5.26. The van der Waals surface area contributed by atoms with Gasteiger partial charge in [0.15, 0.2) is 0 Å². The number of aromatic nitrogens is 2. The van der Waals surface area contributed by atoms with Crippen molar-refractivity contribution in [3.05, 3.63) is 18.0 Å². The highest BCUT2D eigenvalue weighted by atomic mass is 15.1. The fourth-order valence-corrected chi connectivity index (χ4v) is 2.01. The first-order valence-corrected chi connectivity index (χ1v) is 5.54. The highest BCUT2D eigenvalue weighted by Crippen LogP contribution is 2.25. The lowest BCUT2D eigenvalue weighted by Crippen LogP contribution is -2.13. The molecule has 0 radical (unpaired) electrons. The van der Waals surface area contributed by atoms with Crippen LogP contribution in [0, 0.1) is 0 Å². The van der Waals surface area contributed by atoms with Crippen LogP contribution >= 0.6 is 0 Å². The van der Waals surface area contributed by atoms with Crippen molar-refractivity contribution in [1.29, 1.82) is 0 Å². The topological polar surface area (TPSA) is 41.1 Å². The molecule has 0 aromatic carbocycles. The molecule has 2 rings (SSSR count). The standard InChI is InChI=1S/C11H18N4/c1-3-12-11-13-6-10(7-14-11)9-4-5-15(2)8-9/h6-7,9H,3-5,8H2,1-2H3,(H,12,13,14). The number of rotatable bonds is 3. The smallest absolute Gasteiger partial charge is 0.222 e. The first-order valence-electron chi connectivity index (χ1n) is 5.54. The number of likely N-dealkylation sites (tertiary alicyclic amines) is 1. The van der Waals surface area contributed by atoms with Crippen LogP contribution in [-0.2, 0) is 0 Å². The van der Waals surface area contributed by atoms with Gasteiger partial charge in [0.1, 0.15) is 0 Å². The van der Waals surface area contributed by atoms with Gasteiger partial charge in [0.2, 0.25) is 5.95 Å². The van der Waals surface area contributed by atoms with Crippen LogP contribution in [0.4, 0.5) is 5.95 Å². The van der Waals surface area contributed by atoms with Crippen LogP contribution in [0.1, 0.15) is 24.8 Å². The molecule has 2 heterocycles. The third kappa shape index (κ3) is 2.45. The maximum absolute atomic E-state index is 4.30. The third-order valence-corrected chi connectivity index (χ3v) is 2.87. The summed E-state index contributed by atoms with van der Waals surface area (Å²) in [5.41, 5.74) is 1.26. The molecule has 1 aromatic rings. The van der Waals surface area contributed by atoms with Crippen molar-refractivity contribution in [2.24, 2.45) is 0 Å². The van der Waals surface area contributed by atoms with E-state index in [0.29, 0.717) is 5.92 Å². The van der Waals surface area contributed by atoms with Gasteiger partial charge in [0.05, 0.1) is 0 Å². The molecular weight excluding hydrogens is 188 g/mol. The second-order valence-corrected chi connectivity index (χ2v) is 4.12. The molecule has 82 valence electrons. The summed E-state index contributed by atoms with van der Waals surface area (Å²) in [4.78, 5) is 10.9. The minimum atomic E-state index is 0.616. The van der Waals surface area contributed by atoms with Gasteiger partial charge in [0.25, 0.3) is 0 Å². The lowest BCUT2D eigenvalue weighted by Gasteiger charge is -2.10. The van der Waals surface area contributed by atoms with E-state index in [4.69, 9.17) is 0 Å². The van der Waals surface area contributed by atoms with E-state index in [1.165, 1.54) is 18.5 Å². The Labute approximate surface area is 90.7 Å². The van der Waals surface area contributed by atoms with Crippen molar-refractivity contribution in [2.45, 2.75) is 19.3 Å². The van der Waals surface area contributed by atoms with Crippen molar-refractivity contribution in [3.8, 4) is 0 Å². The SMILES string of the molecule is CCNc1ncc(C2CCN(C)C2)cn1. The van der Waals surface area contributed by atoms with Crippen LogP contribution in [-0.4, -0.2) is 41.5 Å². The number of nitrogens with zero attached hydrogens (tertiary/aromatic N) is 3. The lowest BCUT2D eigenvalue weighted by molar-refractivity contribution is 0.411. The fourth-order valence-electron chi connectivity index (χ4n) is 2.01. The van der Waals surface area contributed by atoms with Crippen LogP contribution in [0.3, 0.4) is 0 Å². The zero-order valence-electron chi connectivity index (χ0n) is 9.40. The van der Waals surface area contributed by atoms with Crippen molar-refractivity contribution in [2.75, 3.05) is 32.0 Å². The average Bonchev–Trinajstić information content (AvgIpc) is 2.67. The molecule has 1 aromatic heterocycles. The molecule has 0 saturated carbocycles. The van der Waals surface area contributed by atoms with Crippen molar-refractivity contribution in [1.82, 2.24) is 14.9 Å². The Bertz CT molecular complexity index is 309. The predicted molar refractivity (Wildman–Crippen MR) is 61.1 cm³/mol. The van der Waals surface area contributed by atoms with Crippen molar-refractivity contribution >= 4 is 5.95 Å². The van der Waals surface area contributed by atoms with E-state index in [0.717, 1.165) is 19.0 Å². The van der Waals surface area contributed by atoms with Gasteiger partial charge in [-0.05, 0) is 32.5 Å². The first kappa shape index (κ1) is 10.4. The van der Waals surface area contributed by atoms with E-state index >= 15 is 0 Å². The molecule has 4 heteroatoms. The summed E-state index contributed by atoms with van der Waals surface area (Å²) in [6, 6.07) is 0. The molecule has 1 atom stereocenters. The number of anilines is 1. The van der Waals surface area contributed by atoms with Gasteiger partial charge in [-0.15, -0.1) is 0 Å². The molecule has 1 fully saturated rings. The number of likely N-dealkylation sites (N-methyl/N-ethyl adjacent to an activating group) is 1. The highest BCUT2D eigenvalue weighted by Gasteiger charge is 2.21. The third-order valence-electron chi connectivity index (χ3n) is 2.87. The maximum atomic E-state index is 4.30. The molecular formula is C11H18N4. The van der Waals surface area contributed by atoms with Gasteiger partial charge >= 0.3 is 0 Å². The molecule has 1 N–H and O–H groups in total. The van der Waals surface area contributed by atoms with Gasteiger partial charge in [0, 0.05) is 31.4 Å². The molecule has 1 aliphatic heterocycles. The average molecular weight is 206 g/mol. The van der Waals surface area contributed by atoms with E-state index in [1.54, 1.807) is 0 Å². The Morgan fingerprint density at radius 2 is 2.20 bits per heavy atom. The van der Waals surface area contributed by atoms with Gasteiger partial charge in [-0.3, -0.25) is 0 Å². The number of hydrogen-bond donors (Lipinski definition) is 1. The van der Waals surface area contributed by atoms with E-state index < -0.39 is 0 Å². The van der Waals surface area contributed by atoms with E-state index in [9.17, 15) is 0 Å². The van der Waals surface area contributed by atoms with Crippen LogP contribution in [0.2, 0.25) is 0 Å². The van der Waals surface area contributed by atoms with Gasteiger partial charge < -0.3 is 10.2 Å². The zero-order chi connectivity index (χ0) is 10.7. The Morgan fingerprint density at radius 1 is 1.47 bits per heavy atom. The predicted octanol–water partition coefficient (Wildman–Crippen LogP) is 1.33. The summed E-state index contributed by atoms with van der Waals surface area (Å²) < 4.78 is 0. The molecule has 1 saturated heterocycles. The fraction of sp³-hybridized carbons (Fsp3) is 0.636. The van der Waals surface area contributed by atoms with Gasteiger partial charge in [-0.2, -0.15) is 0 Å². The molecule has 1 unspecified atom stereocenters.